The smallest absolute Gasteiger partial charge is 0.152 e. The third-order valence-electron chi connectivity index (χ3n) is 24.5. The number of hydrogen-bond donors (Lipinski definition) is 7. The number of anilines is 7. The van der Waals surface area contributed by atoms with Gasteiger partial charge < -0.3 is 76.4 Å². The normalized spacial score (nSPS) is 14.3. The maximum absolute atomic E-state index is 11.0. The van der Waals surface area contributed by atoms with Crippen LogP contribution in [0, 0.1) is 0 Å². The Morgan fingerprint density at radius 3 is 1.19 bits per heavy atom. The summed E-state index contributed by atoms with van der Waals surface area (Å²) in [5, 5.41) is 10.0. The van der Waals surface area contributed by atoms with Gasteiger partial charge in [-0.2, -0.15) is 5.10 Å². The molecular weight excluding hydrogens is 1630 g/mol. The molecule has 3 aliphatic heterocycles. The number of benzene rings is 4. The Bertz CT molecular complexity index is 5450. The Morgan fingerprint density at radius 2 is 0.744 bits per heavy atom. The summed E-state index contributed by atoms with van der Waals surface area (Å²) in [7, 11) is 2.13. The number of likely N-dealkylation sites (N-methyl/N-ethyl adjacent to an activating group) is 1. The fourth-order valence-electron chi connectivity index (χ4n) is 16.6. The molecule has 129 heavy (non-hydrogen) atoms. The molecule has 3 aliphatic rings. The summed E-state index contributed by atoms with van der Waals surface area (Å²) in [6.45, 7) is 37.3. The maximum Gasteiger partial charge on any atom is 0.152 e. The number of nitrogens with two attached hydrogens (primary N) is 4. The second-order valence-corrected chi connectivity index (χ2v) is 34.8. The molecular formula is C98H141N23O8. The van der Waals surface area contributed by atoms with Crippen LogP contribution in [0.15, 0.2) is 79.0 Å². The lowest BCUT2D eigenvalue weighted by atomic mass is 10.0. The zero-order chi connectivity index (χ0) is 91.1. The molecule has 8 aromatic heterocycles. The number of aryl methyl sites for hydroxylation is 5. The van der Waals surface area contributed by atoms with E-state index in [-0.39, 0.29) is 23.1 Å². The number of fused-ring (bicyclic) bond motifs is 12. The number of piperazine rings is 3. The molecule has 0 saturated carbocycles. The summed E-state index contributed by atoms with van der Waals surface area (Å²) in [6.07, 6.45) is 20.4. The van der Waals surface area contributed by atoms with Crippen LogP contribution >= 0.6 is 0 Å². The van der Waals surface area contributed by atoms with Crippen molar-refractivity contribution in [2.45, 2.75) is 184 Å². The highest BCUT2D eigenvalue weighted by Gasteiger charge is 2.25. The molecule has 0 bridgehead atoms. The Kier molecular flexibility index (Phi) is 37.3. The van der Waals surface area contributed by atoms with Gasteiger partial charge in [-0.3, -0.25) is 38.6 Å². The third kappa shape index (κ3) is 28.2. The number of unbranched alkanes of at least 4 members (excludes halogenated alkanes) is 6. The van der Waals surface area contributed by atoms with Gasteiger partial charge in [0, 0.05) is 206 Å². The monoisotopic (exact) mass is 1770 g/mol. The minimum absolute atomic E-state index is 0.176. The molecule has 4 aromatic carbocycles. The highest BCUT2D eigenvalue weighted by atomic mass is 16.5. The maximum atomic E-state index is 11.0. The van der Waals surface area contributed by atoms with Crippen LogP contribution in [0.4, 0.5) is 40.3 Å². The van der Waals surface area contributed by atoms with E-state index in [4.69, 9.17) is 56.8 Å². The van der Waals surface area contributed by atoms with E-state index >= 15 is 0 Å². The van der Waals surface area contributed by atoms with E-state index in [1.807, 2.05) is 4.68 Å². The predicted octanol–water partition coefficient (Wildman–Crippen LogP) is 14.1. The van der Waals surface area contributed by atoms with E-state index < -0.39 is 0 Å². The standard InChI is InChI=1S/C26H39N5O2.3C24H34N6O2/c1-4-5-10-23-29-24-21-18-20(11-12-22(21)28-26(27)25(24)30-23)9-7-6-8-14-31(3)15-17-33-16-13-19(2)32;1-3-4-8-30-17-21-20-16-19(5-6-22(20)26-24(25)23(21)27-30)29-11-9-28(10-12-29)13-15-32-14-7-18(2)31;1-3-4-5-21-27-22-19-16-18(6-7-20(19)26-24(25)23(22)28-21)30-11-9-29(10-12-30)13-15-32-14-8-17(2)31;1-3-4-5-21-27-22-19-7-6-18(16-20(19)26-24(25)23(22)28-21)30-11-9-29(10-12-30)13-15-32-14-8-17(2)31/h11-12,18H,4-10,13-17H2,1-3H3,(H2,27,28)(H,29,30);5-6,16-17H,3-4,7-15H2,1-2H3,(H2,25,26);2*6-7,16H,3-5,8-15H2,1-2H3,(H2,25,26)(H,27,28). The number of nitrogen functional groups attached to an aromatic ring is 4. The van der Waals surface area contributed by atoms with Gasteiger partial charge in [-0.05, 0) is 159 Å². The van der Waals surface area contributed by atoms with E-state index in [1.165, 1.54) is 35.5 Å². The van der Waals surface area contributed by atoms with Gasteiger partial charge in [0.2, 0.25) is 0 Å². The molecule has 0 atom stereocenters. The van der Waals surface area contributed by atoms with Crippen LogP contribution in [0.3, 0.4) is 0 Å². The predicted molar refractivity (Wildman–Crippen MR) is 523 cm³/mol. The van der Waals surface area contributed by atoms with E-state index in [9.17, 15) is 19.2 Å². The van der Waals surface area contributed by atoms with Crippen molar-refractivity contribution in [3.05, 3.63) is 102 Å². The molecule has 0 radical (unpaired) electrons. The van der Waals surface area contributed by atoms with Crippen molar-refractivity contribution in [2.75, 3.05) is 209 Å². The lowest BCUT2D eigenvalue weighted by Gasteiger charge is -2.36. The first-order valence-corrected chi connectivity index (χ1v) is 47.3. The van der Waals surface area contributed by atoms with Crippen LogP contribution in [-0.2, 0) is 70.4 Å². The van der Waals surface area contributed by atoms with Gasteiger partial charge in [0.05, 0.1) is 74.9 Å². The van der Waals surface area contributed by atoms with Gasteiger partial charge in [0.15, 0.2) is 5.82 Å². The van der Waals surface area contributed by atoms with Crippen LogP contribution in [0.2, 0.25) is 0 Å². The molecule has 0 aliphatic carbocycles. The molecule has 15 rings (SSSR count). The zero-order valence-electron chi connectivity index (χ0n) is 78.1. The van der Waals surface area contributed by atoms with Crippen LogP contribution in [0.5, 0.6) is 0 Å². The van der Waals surface area contributed by atoms with Gasteiger partial charge in [-0.1, -0.05) is 65.9 Å². The number of aromatic amines is 3. The fraction of sp³-hybridized carbons (Fsp3) is 0.551. The number of ketones is 4. The number of hydrogen-bond acceptors (Lipinski definition) is 27. The number of rotatable bonds is 45. The van der Waals surface area contributed by atoms with Crippen molar-refractivity contribution in [2.24, 2.45) is 0 Å². The number of ether oxygens (including phenoxy) is 4. The number of imidazole rings is 3. The number of pyridine rings is 4. The molecule has 11 N–H and O–H groups in total. The van der Waals surface area contributed by atoms with E-state index in [1.54, 1.807) is 27.7 Å². The Hall–Kier alpha value is -10.6. The van der Waals surface area contributed by atoms with E-state index in [0.717, 1.165) is 306 Å². The lowest BCUT2D eigenvalue weighted by molar-refractivity contribution is -0.119. The fourth-order valence-corrected chi connectivity index (χ4v) is 16.6. The van der Waals surface area contributed by atoms with Crippen molar-refractivity contribution in [3.63, 3.8) is 0 Å². The largest absolute Gasteiger partial charge is 0.382 e. The van der Waals surface area contributed by atoms with E-state index in [2.05, 4.69) is 188 Å². The zero-order valence-corrected chi connectivity index (χ0v) is 78.1. The first-order chi connectivity index (χ1) is 62.6. The number of carbonyl (C=O) groups excluding carboxylic acids is 4. The van der Waals surface area contributed by atoms with Gasteiger partial charge in [-0.15, -0.1) is 0 Å². The molecule has 11 heterocycles. The van der Waals surface area contributed by atoms with E-state index in [0.29, 0.717) is 102 Å². The molecule has 31 heteroatoms. The van der Waals surface area contributed by atoms with Crippen molar-refractivity contribution in [1.29, 1.82) is 0 Å². The number of nitrogens with zero attached hydrogens (tertiary/aromatic N) is 16. The Morgan fingerprint density at radius 1 is 0.357 bits per heavy atom. The summed E-state index contributed by atoms with van der Waals surface area (Å²) in [5.41, 5.74) is 39.5. The average Bonchev–Trinajstić information content (AvgIpc) is 1.43. The first-order valence-electron chi connectivity index (χ1n) is 47.3. The molecule has 12 aromatic rings. The Balaban J connectivity index is 0.000000156. The lowest BCUT2D eigenvalue weighted by Crippen LogP contribution is -2.47. The van der Waals surface area contributed by atoms with Crippen molar-refractivity contribution < 1.29 is 38.1 Å². The quantitative estimate of drug-likeness (QED) is 0.0174. The van der Waals surface area contributed by atoms with Crippen LogP contribution in [0.25, 0.3) is 87.6 Å². The second kappa shape index (κ2) is 49.4. The number of Topliss-reactive ketones (excluding diaryl/α,β-unsaturated/α-hetero) is 4. The van der Waals surface area contributed by atoms with Gasteiger partial charge in [0.1, 0.15) is 96.7 Å². The number of H-pyrrole nitrogens is 3. The minimum atomic E-state index is 0.176. The van der Waals surface area contributed by atoms with Crippen LogP contribution in [0.1, 0.15) is 175 Å². The van der Waals surface area contributed by atoms with Crippen molar-refractivity contribution in [1.82, 2.24) is 79.2 Å². The summed E-state index contributed by atoms with van der Waals surface area (Å²) in [4.78, 5) is 104. The van der Waals surface area contributed by atoms with Crippen molar-refractivity contribution >= 4 is 151 Å². The second-order valence-electron chi connectivity index (χ2n) is 34.8. The summed E-state index contributed by atoms with van der Waals surface area (Å²) < 4.78 is 24.2. The number of nitrogens with one attached hydrogen (secondary N) is 3. The summed E-state index contributed by atoms with van der Waals surface area (Å²) >= 11 is 0. The van der Waals surface area contributed by atoms with Gasteiger partial charge in [-0.25, -0.2) is 34.9 Å². The topological polar surface area (TPSA) is 387 Å². The SMILES string of the molecule is CCCCc1nc2c([nH]1)c(N)nc1cc(N3CCN(CCOCCC(C)=O)CC3)ccc12.CCCCc1nc2c([nH]1)c(N)nc1ccc(CCCCCN(C)CCOCCC(C)=O)cc12.CCCCc1nc2c([nH]1)c(N)nc1ccc(N3CCN(CCOCCC(C)=O)CC3)cc12.CCCCn1cc2c(n1)c(N)nc1ccc(N3CCN(CCOCCC(C)=O)CC3)cc12. The molecule has 31 nitrogen and oxygen atoms in total. The van der Waals surface area contributed by atoms with Crippen molar-refractivity contribution in [3.8, 4) is 0 Å². The van der Waals surface area contributed by atoms with Crippen LogP contribution in [-0.4, -0.2) is 274 Å². The number of carbonyl (C=O) groups is 4. The Labute approximate surface area is 759 Å². The van der Waals surface area contributed by atoms with Crippen LogP contribution < -0.4 is 37.6 Å². The van der Waals surface area contributed by atoms with Gasteiger partial charge >= 0.3 is 0 Å². The minimum Gasteiger partial charge on any atom is -0.382 e. The molecule has 0 spiro atoms. The first kappa shape index (κ1) is 97.4. The highest BCUT2D eigenvalue weighted by molar-refractivity contribution is 6.11. The number of aromatic nitrogens is 12. The van der Waals surface area contributed by atoms with Gasteiger partial charge in [0.25, 0.3) is 0 Å². The molecule has 3 fully saturated rings. The third-order valence-corrected chi connectivity index (χ3v) is 24.5. The summed E-state index contributed by atoms with van der Waals surface area (Å²) in [5.74, 6) is 5.70. The highest BCUT2D eigenvalue weighted by Crippen LogP contribution is 2.36. The molecule has 0 amide bonds. The molecule has 3 saturated heterocycles. The molecule has 0 unspecified atom stereocenters. The summed E-state index contributed by atoms with van der Waals surface area (Å²) in [6, 6.07) is 25.7. The average molecular weight is 1770 g/mol. The molecule has 696 valence electrons.